The Kier molecular flexibility index (Phi) is 4.97. The normalized spacial score (nSPS) is 11.4. The van der Waals surface area contributed by atoms with Crippen LogP contribution in [0.4, 0.5) is 5.69 Å². The minimum Gasteiger partial charge on any atom is -0.268 e. The zero-order valence-corrected chi connectivity index (χ0v) is 16.6. The molecule has 1 heterocycles. The molecule has 0 spiro atoms. The summed E-state index contributed by atoms with van der Waals surface area (Å²) in [5, 5.41) is 11.1. The highest BCUT2D eigenvalue weighted by atomic mass is 32.2. The van der Waals surface area contributed by atoms with Gasteiger partial charge in [-0.25, -0.2) is 17.8 Å². The van der Waals surface area contributed by atoms with Gasteiger partial charge in [0.05, 0.1) is 15.4 Å². The van der Waals surface area contributed by atoms with Gasteiger partial charge in [0.15, 0.2) is 0 Å². The maximum Gasteiger partial charge on any atom is 0.349 e. The van der Waals surface area contributed by atoms with E-state index in [4.69, 9.17) is 0 Å². The molecule has 0 radical (unpaired) electrons. The van der Waals surface area contributed by atoms with Gasteiger partial charge in [-0.15, -0.1) is 0 Å². The molecule has 3 rings (SSSR count). The second-order valence-corrected chi connectivity index (χ2v) is 8.32. The zero-order valence-electron chi connectivity index (χ0n) is 15.8. The molecule has 29 heavy (non-hydrogen) atoms. The first-order valence-corrected chi connectivity index (χ1v) is 9.91. The van der Waals surface area contributed by atoms with Crippen LogP contribution in [0.5, 0.6) is 0 Å². The van der Waals surface area contributed by atoms with Crippen molar-refractivity contribution < 1.29 is 18.1 Å². The number of rotatable bonds is 4. The summed E-state index contributed by atoms with van der Waals surface area (Å²) >= 11 is 0. The number of hydrogen-bond acceptors (Lipinski definition) is 6. The smallest absolute Gasteiger partial charge is 0.268 e. The van der Waals surface area contributed by atoms with Gasteiger partial charge in [0.2, 0.25) is 0 Å². The number of carbonyl (C=O) groups excluding carboxylic acids is 1. The van der Waals surface area contributed by atoms with Gasteiger partial charge in [-0.3, -0.25) is 14.9 Å². The summed E-state index contributed by atoms with van der Waals surface area (Å²) in [5.41, 5.74) is 0.291. The Morgan fingerprint density at radius 3 is 2.34 bits per heavy atom. The standard InChI is InChI=1S/C19H17N3O6S/c1-12-7-8-15(11-13(12)2)29(27,28)21-10-9-20(19(21)24)18(23)16-5-4-6-17(14(16)3)22(25)26/h4-11H,1-3H3. The number of hydrogen-bond donors (Lipinski definition) is 0. The molecular formula is C19H17N3O6S. The molecule has 0 atom stereocenters. The number of nitro benzene ring substituents is 1. The summed E-state index contributed by atoms with van der Waals surface area (Å²) in [7, 11) is -4.21. The number of aryl methyl sites for hydroxylation is 2. The van der Waals surface area contributed by atoms with Gasteiger partial charge < -0.3 is 0 Å². The highest BCUT2D eigenvalue weighted by Gasteiger charge is 2.25. The Bertz CT molecular complexity index is 1320. The lowest BCUT2D eigenvalue weighted by atomic mass is 10.1. The molecule has 0 saturated heterocycles. The van der Waals surface area contributed by atoms with Crippen molar-refractivity contribution in [2.24, 2.45) is 0 Å². The number of nitro groups is 1. The van der Waals surface area contributed by atoms with Crippen LogP contribution in [0.25, 0.3) is 0 Å². The summed E-state index contributed by atoms with van der Waals surface area (Å²) in [6.07, 6.45) is 2.01. The summed E-state index contributed by atoms with van der Waals surface area (Å²) < 4.78 is 26.8. The summed E-state index contributed by atoms with van der Waals surface area (Å²) in [6.45, 7) is 4.96. The molecular weight excluding hydrogens is 398 g/mol. The monoisotopic (exact) mass is 415 g/mol. The lowest BCUT2D eigenvalue weighted by Crippen LogP contribution is -2.33. The highest BCUT2D eigenvalue weighted by Crippen LogP contribution is 2.22. The average molecular weight is 415 g/mol. The van der Waals surface area contributed by atoms with Gasteiger partial charge in [-0.2, -0.15) is 3.97 Å². The molecule has 2 aromatic carbocycles. The van der Waals surface area contributed by atoms with Crippen LogP contribution in [0.15, 0.2) is 58.5 Å². The van der Waals surface area contributed by atoms with Crippen LogP contribution in [0, 0.1) is 30.9 Å². The minimum atomic E-state index is -4.21. The van der Waals surface area contributed by atoms with Gasteiger partial charge >= 0.3 is 5.69 Å². The predicted molar refractivity (Wildman–Crippen MR) is 105 cm³/mol. The Balaban J connectivity index is 2.09. The summed E-state index contributed by atoms with van der Waals surface area (Å²) in [4.78, 5) is 35.8. The third-order valence-electron chi connectivity index (χ3n) is 4.73. The van der Waals surface area contributed by atoms with E-state index in [0.29, 0.717) is 8.54 Å². The van der Waals surface area contributed by atoms with Crippen molar-refractivity contribution in [3.63, 3.8) is 0 Å². The van der Waals surface area contributed by atoms with Crippen molar-refractivity contribution >= 4 is 21.6 Å². The SMILES string of the molecule is Cc1ccc(S(=O)(=O)n2ccn(C(=O)c3cccc([N+](=O)[O-])c3C)c2=O)cc1C. The molecule has 1 aromatic heterocycles. The molecule has 9 nitrogen and oxygen atoms in total. The van der Waals surface area contributed by atoms with Crippen molar-refractivity contribution in [1.29, 1.82) is 0 Å². The van der Waals surface area contributed by atoms with Gasteiger partial charge in [-0.05, 0) is 50.1 Å². The third-order valence-corrected chi connectivity index (χ3v) is 6.38. The molecule has 0 aliphatic heterocycles. The maximum atomic E-state index is 12.8. The van der Waals surface area contributed by atoms with E-state index in [2.05, 4.69) is 0 Å². The molecule has 3 aromatic rings. The molecule has 0 aliphatic carbocycles. The van der Waals surface area contributed by atoms with Crippen molar-refractivity contribution in [2.45, 2.75) is 25.7 Å². The Morgan fingerprint density at radius 2 is 1.72 bits per heavy atom. The maximum absolute atomic E-state index is 12.8. The van der Waals surface area contributed by atoms with Crippen LogP contribution < -0.4 is 5.69 Å². The largest absolute Gasteiger partial charge is 0.349 e. The molecule has 10 heteroatoms. The predicted octanol–water partition coefficient (Wildman–Crippen LogP) is 2.41. The quantitative estimate of drug-likeness (QED) is 0.476. The number of benzene rings is 2. The minimum absolute atomic E-state index is 0.0670. The third kappa shape index (κ3) is 3.38. The molecule has 0 amide bonds. The highest BCUT2D eigenvalue weighted by molar-refractivity contribution is 7.90. The summed E-state index contributed by atoms with van der Waals surface area (Å²) in [5.74, 6) is -0.856. The van der Waals surface area contributed by atoms with Crippen LogP contribution in [-0.2, 0) is 10.0 Å². The van der Waals surface area contributed by atoms with E-state index in [1.54, 1.807) is 13.0 Å². The Hall–Kier alpha value is -3.53. The average Bonchev–Trinajstić information content (AvgIpc) is 3.05. The van der Waals surface area contributed by atoms with Crippen LogP contribution in [-0.4, -0.2) is 27.8 Å². The Morgan fingerprint density at radius 1 is 1.03 bits per heavy atom. The fraction of sp³-hybridized carbons (Fsp3) is 0.158. The van der Waals surface area contributed by atoms with E-state index in [1.165, 1.54) is 37.3 Å². The molecule has 150 valence electrons. The number of imidazole rings is 1. The molecule has 0 saturated carbocycles. The van der Waals surface area contributed by atoms with Crippen LogP contribution in [0.2, 0.25) is 0 Å². The van der Waals surface area contributed by atoms with Gasteiger partial charge in [-0.1, -0.05) is 12.1 Å². The van der Waals surface area contributed by atoms with E-state index < -0.39 is 26.5 Å². The number of nitrogens with zero attached hydrogens (tertiary/aromatic N) is 3. The van der Waals surface area contributed by atoms with E-state index in [1.807, 2.05) is 6.92 Å². The van der Waals surface area contributed by atoms with Crippen LogP contribution >= 0.6 is 0 Å². The first-order valence-electron chi connectivity index (χ1n) is 8.47. The lowest BCUT2D eigenvalue weighted by molar-refractivity contribution is -0.385. The van der Waals surface area contributed by atoms with Crippen LogP contribution in [0.1, 0.15) is 27.0 Å². The van der Waals surface area contributed by atoms with Gasteiger partial charge in [0, 0.05) is 24.0 Å². The lowest BCUT2D eigenvalue weighted by Gasteiger charge is -2.07. The fourth-order valence-electron chi connectivity index (χ4n) is 2.87. The van der Waals surface area contributed by atoms with Crippen molar-refractivity contribution in [1.82, 2.24) is 8.54 Å². The number of aromatic nitrogens is 2. The van der Waals surface area contributed by atoms with Crippen molar-refractivity contribution in [2.75, 3.05) is 0 Å². The molecule has 0 N–H and O–H groups in total. The summed E-state index contributed by atoms with van der Waals surface area (Å²) in [6, 6.07) is 8.36. The molecule has 0 fully saturated rings. The van der Waals surface area contributed by atoms with E-state index in [-0.39, 0.29) is 21.7 Å². The second kappa shape index (κ2) is 7.13. The molecule has 0 bridgehead atoms. The zero-order chi connectivity index (χ0) is 21.5. The van der Waals surface area contributed by atoms with Crippen molar-refractivity contribution in [3.05, 3.63) is 91.6 Å². The van der Waals surface area contributed by atoms with Gasteiger partial charge in [0.25, 0.3) is 21.6 Å². The molecule has 0 aliphatic rings. The topological polar surface area (TPSA) is 121 Å². The van der Waals surface area contributed by atoms with Crippen molar-refractivity contribution in [3.8, 4) is 0 Å². The first kappa shape index (κ1) is 20.2. The van der Waals surface area contributed by atoms with E-state index in [0.717, 1.165) is 23.5 Å². The number of carbonyl (C=O) groups is 1. The fourth-order valence-corrected chi connectivity index (χ4v) is 4.17. The first-order chi connectivity index (χ1) is 13.6. The van der Waals surface area contributed by atoms with E-state index >= 15 is 0 Å². The van der Waals surface area contributed by atoms with Crippen LogP contribution in [0.3, 0.4) is 0 Å². The van der Waals surface area contributed by atoms with Gasteiger partial charge in [0.1, 0.15) is 0 Å². The van der Waals surface area contributed by atoms with E-state index in [9.17, 15) is 28.1 Å². The Labute approximate surface area is 166 Å². The molecule has 0 unspecified atom stereocenters. The second-order valence-electron chi connectivity index (χ2n) is 6.51.